The van der Waals surface area contributed by atoms with Gasteiger partial charge in [0.2, 0.25) is 0 Å². The Morgan fingerprint density at radius 3 is 2.63 bits per heavy atom. The van der Waals surface area contributed by atoms with Crippen molar-refractivity contribution in [3.05, 3.63) is 58.3 Å². The van der Waals surface area contributed by atoms with Gasteiger partial charge in [0.1, 0.15) is 11.6 Å². The smallest absolute Gasteiger partial charge is 0.417 e. The third-order valence-electron chi connectivity index (χ3n) is 4.64. The lowest BCUT2D eigenvalue weighted by Crippen LogP contribution is -2.38. The van der Waals surface area contributed by atoms with Crippen LogP contribution in [0.5, 0.6) is 5.75 Å². The van der Waals surface area contributed by atoms with Crippen LogP contribution in [0.3, 0.4) is 0 Å². The molecular formula is C19H19F3N4O4. The SMILES string of the molecule is O=C(COc1cccc([N+](=O)[O-])c1)N1CCCN(c2ccc(C(F)(F)F)cn2)CC1. The van der Waals surface area contributed by atoms with Crippen molar-refractivity contribution in [1.82, 2.24) is 9.88 Å². The summed E-state index contributed by atoms with van der Waals surface area (Å²) in [7, 11) is 0. The number of nitro groups is 1. The highest BCUT2D eigenvalue weighted by atomic mass is 19.4. The van der Waals surface area contributed by atoms with Crippen molar-refractivity contribution < 1.29 is 27.6 Å². The second-order valence-electron chi connectivity index (χ2n) is 6.67. The van der Waals surface area contributed by atoms with E-state index in [1.807, 2.05) is 4.90 Å². The molecule has 1 aromatic heterocycles. The number of hydrogen-bond acceptors (Lipinski definition) is 6. The maximum Gasteiger partial charge on any atom is 0.417 e. The second-order valence-corrected chi connectivity index (χ2v) is 6.67. The zero-order valence-corrected chi connectivity index (χ0v) is 15.8. The molecule has 1 aliphatic heterocycles. The summed E-state index contributed by atoms with van der Waals surface area (Å²) in [5.41, 5.74) is -0.939. The maximum absolute atomic E-state index is 12.7. The highest BCUT2D eigenvalue weighted by molar-refractivity contribution is 5.78. The van der Waals surface area contributed by atoms with Gasteiger partial charge in [-0.25, -0.2) is 4.98 Å². The first-order valence-electron chi connectivity index (χ1n) is 9.17. The van der Waals surface area contributed by atoms with Gasteiger partial charge < -0.3 is 14.5 Å². The van der Waals surface area contributed by atoms with E-state index in [2.05, 4.69) is 4.98 Å². The minimum atomic E-state index is -4.44. The highest BCUT2D eigenvalue weighted by Gasteiger charge is 2.31. The molecule has 1 saturated heterocycles. The van der Waals surface area contributed by atoms with Gasteiger partial charge in [-0.2, -0.15) is 13.2 Å². The Hall–Kier alpha value is -3.37. The zero-order valence-electron chi connectivity index (χ0n) is 15.8. The van der Waals surface area contributed by atoms with E-state index >= 15 is 0 Å². The summed E-state index contributed by atoms with van der Waals surface area (Å²) in [6.07, 6.45) is -3.02. The van der Waals surface area contributed by atoms with Gasteiger partial charge in [-0.3, -0.25) is 14.9 Å². The van der Waals surface area contributed by atoms with Crippen LogP contribution in [0.4, 0.5) is 24.7 Å². The number of hydrogen-bond donors (Lipinski definition) is 0. The molecule has 1 amide bonds. The number of halogens is 3. The molecule has 0 spiro atoms. The van der Waals surface area contributed by atoms with Crippen LogP contribution in [0.1, 0.15) is 12.0 Å². The molecule has 3 rings (SSSR count). The van der Waals surface area contributed by atoms with Gasteiger partial charge in [0.05, 0.1) is 16.6 Å². The molecule has 1 fully saturated rings. The van der Waals surface area contributed by atoms with Crippen LogP contribution < -0.4 is 9.64 Å². The molecule has 0 saturated carbocycles. The normalized spacial score (nSPS) is 14.9. The van der Waals surface area contributed by atoms with Crippen molar-refractivity contribution in [1.29, 1.82) is 0 Å². The van der Waals surface area contributed by atoms with Crippen LogP contribution in [-0.2, 0) is 11.0 Å². The van der Waals surface area contributed by atoms with Crippen LogP contribution in [0.25, 0.3) is 0 Å². The van der Waals surface area contributed by atoms with Crippen molar-refractivity contribution in [3.63, 3.8) is 0 Å². The van der Waals surface area contributed by atoms with E-state index in [9.17, 15) is 28.1 Å². The quantitative estimate of drug-likeness (QED) is 0.541. The monoisotopic (exact) mass is 424 g/mol. The van der Waals surface area contributed by atoms with Crippen molar-refractivity contribution in [2.24, 2.45) is 0 Å². The average Bonchev–Trinajstić information content (AvgIpc) is 2.98. The first kappa shape index (κ1) is 21.3. The largest absolute Gasteiger partial charge is 0.484 e. The molecule has 160 valence electrons. The minimum absolute atomic E-state index is 0.130. The lowest BCUT2D eigenvalue weighted by Gasteiger charge is -2.23. The summed E-state index contributed by atoms with van der Waals surface area (Å²) < 4.78 is 43.4. The summed E-state index contributed by atoms with van der Waals surface area (Å²) in [6.45, 7) is 1.53. The van der Waals surface area contributed by atoms with Gasteiger partial charge in [-0.1, -0.05) is 6.07 Å². The third kappa shape index (κ3) is 5.37. The third-order valence-corrected chi connectivity index (χ3v) is 4.64. The standard InChI is InChI=1S/C19H19F3N4O4/c20-19(21,22)14-5-6-17(23-12-14)24-7-2-8-25(10-9-24)18(27)13-30-16-4-1-3-15(11-16)26(28)29/h1,3-6,11-12H,2,7-10,13H2. The molecule has 0 radical (unpaired) electrons. The van der Waals surface area contributed by atoms with Gasteiger partial charge in [0.25, 0.3) is 11.6 Å². The van der Waals surface area contributed by atoms with E-state index in [-0.39, 0.29) is 24.0 Å². The van der Waals surface area contributed by atoms with Gasteiger partial charge in [0.15, 0.2) is 6.61 Å². The van der Waals surface area contributed by atoms with Gasteiger partial charge in [0, 0.05) is 38.4 Å². The van der Waals surface area contributed by atoms with Crippen LogP contribution in [0.2, 0.25) is 0 Å². The molecule has 0 atom stereocenters. The predicted octanol–water partition coefficient (Wildman–Crippen LogP) is 3.13. The van der Waals surface area contributed by atoms with Crippen LogP contribution >= 0.6 is 0 Å². The molecule has 2 heterocycles. The number of nitrogens with zero attached hydrogens (tertiary/aromatic N) is 4. The summed E-state index contributed by atoms with van der Waals surface area (Å²) >= 11 is 0. The van der Waals surface area contributed by atoms with E-state index in [1.165, 1.54) is 30.3 Å². The Morgan fingerprint density at radius 2 is 1.97 bits per heavy atom. The van der Waals surface area contributed by atoms with Crippen molar-refractivity contribution in [2.75, 3.05) is 37.7 Å². The topological polar surface area (TPSA) is 88.8 Å². The van der Waals surface area contributed by atoms with Crippen LogP contribution in [0.15, 0.2) is 42.6 Å². The lowest BCUT2D eigenvalue weighted by molar-refractivity contribution is -0.384. The summed E-state index contributed by atoms with van der Waals surface area (Å²) in [4.78, 5) is 30.0. The van der Waals surface area contributed by atoms with Gasteiger partial charge >= 0.3 is 6.18 Å². The average molecular weight is 424 g/mol. The molecule has 0 aliphatic carbocycles. The van der Waals surface area contributed by atoms with Gasteiger partial charge in [-0.15, -0.1) is 0 Å². The summed E-state index contributed by atoms with van der Waals surface area (Å²) in [6, 6.07) is 7.88. The second kappa shape index (κ2) is 8.97. The molecule has 1 aliphatic rings. The Morgan fingerprint density at radius 1 is 1.17 bits per heavy atom. The number of amides is 1. The number of ether oxygens (including phenoxy) is 1. The number of pyridine rings is 1. The Balaban J connectivity index is 1.55. The predicted molar refractivity (Wildman–Crippen MR) is 101 cm³/mol. The first-order valence-corrected chi connectivity index (χ1v) is 9.17. The number of non-ortho nitro benzene ring substituents is 1. The molecular weight excluding hydrogens is 405 g/mol. The number of benzene rings is 1. The number of alkyl halides is 3. The minimum Gasteiger partial charge on any atom is -0.484 e. The van der Waals surface area contributed by atoms with E-state index < -0.39 is 16.7 Å². The van der Waals surface area contributed by atoms with Crippen molar-refractivity contribution >= 4 is 17.4 Å². The molecule has 0 N–H and O–H groups in total. The fourth-order valence-corrected chi connectivity index (χ4v) is 3.06. The van der Waals surface area contributed by atoms with E-state index in [0.717, 1.165) is 12.3 Å². The molecule has 0 bridgehead atoms. The number of aromatic nitrogens is 1. The molecule has 2 aromatic rings. The number of carbonyl (C=O) groups excluding carboxylic acids is 1. The summed E-state index contributed by atoms with van der Waals surface area (Å²) in [5.74, 6) is 0.372. The molecule has 30 heavy (non-hydrogen) atoms. The molecule has 1 aromatic carbocycles. The fraction of sp³-hybridized carbons (Fsp3) is 0.368. The number of anilines is 1. The van der Waals surface area contributed by atoms with E-state index in [4.69, 9.17) is 4.74 Å². The lowest BCUT2D eigenvalue weighted by atomic mass is 10.2. The Labute approximate surface area is 170 Å². The van der Waals surface area contributed by atoms with E-state index in [1.54, 1.807) is 4.90 Å². The Kier molecular flexibility index (Phi) is 6.38. The van der Waals surface area contributed by atoms with Crippen LogP contribution in [-0.4, -0.2) is 53.5 Å². The molecule has 0 unspecified atom stereocenters. The molecule has 11 heteroatoms. The summed E-state index contributed by atoms with van der Waals surface area (Å²) in [5, 5.41) is 10.8. The Bertz CT molecular complexity index is 905. The maximum atomic E-state index is 12.7. The number of carbonyl (C=O) groups is 1. The van der Waals surface area contributed by atoms with Crippen LogP contribution in [0, 0.1) is 10.1 Å². The first-order chi connectivity index (χ1) is 14.2. The number of nitro benzene ring substituents is 1. The highest BCUT2D eigenvalue weighted by Crippen LogP contribution is 2.29. The van der Waals surface area contributed by atoms with Crippen molar-refractivity contribution in [2.45, 2.75) is 12.6 Å². The van der Waals surface area contributed by atoms with Gasteiger partial charge in [-0.05, 0) is 24.6 Å². The van der Waals surface area contributed by atoms with E-state index in [0.29, 0.717) is 38.4 Å². The van der Waals surface area contributed by atoms with Crippen molar-refractivity contribution in [3.8, 4) is 5.75 Å². The number of rotatable bonds is 5. The zero-order chi connectivity index (χ0) is 21.7. The fourth-order valence-electron chi connectivity index (χ4n) is 3.06. The molecule has 8 nitrogen and oxygen atoms in total.